The van der Waals surface area contributed by atoms with E-state index in [1.165, 1.54) is 29.8 Å². The molecule has 0 amide bonds. The minimum atomic E-state index is -3.78. The number of fused-ring (bicyclic) bond motifs is 1. The Morgan fingerprint density at radius 2 is 1.96 bits per heavy atom. The molecular formula is C17H19N3O5S. The van der Waals surface area contributed by atoms with Crippen LogP contribution in [0.25, 0.3) is 10.9 Å². The Morgan fingerprint density at radius 3 is 2.54 bits per heavy atom. The molecule has 0 bridgehead atoms. The highest BCUT2D eigenvalue weighted by Crippen LogP contribution is 2.36. The molecule has 0 saturated heterocycles. The summed E-state index contributed by atoms with van der Waals surface area (Å²) in [6.07, 6.45) is 3.28. The van der Waals surface area contributed by atoms with Gasteiger partial charge in [0.25, 0.3) is 5.56 Å². The third kappa shape index (κ3) is 3.02. The van der Waals surface area contributed by atoms with E-state index in [1.54, 1.807) is 13.0 Å². The van der Waals surface area contributed by atoms with E-state index in [2.05, 4.69) is 10.6 Å². The van der Waals surface area contributed by atoms with Crippen molar-refractivity contribution in [1.29, 1.82) is 0 Å². The van der Waals surface area contributed by atoms with Crippen LogP contribution in [0.4, 0.5) is 0 Å². The fourth-order valence-corrected chi connectivity index (χ4v) is 4.29. The lowest BCUT2D eigenvalue weighted by molar-refractivity contribution is 0.511. The average molecular weight is 377 g/mol. The fourth-order valence-electron chi connectivity index (χ4n) is 2.80. The van der Waals surface area contributed by atoms with Crippen molar-refractivity contribution in [3.8, 4) is 12.0 Å². The van der Waals surface area contributed by atoms with E-state index in [9.17, 15) is 18.0 Å². The van der Waals surface area contributed by atoms with Gasteiger partial charge >= 0.3 is 5.69 Å². The molecule has 1 atom stereocenters. The van der Waals surface area contributed by atoms with Gasteiger partial charge in [0.2, 0.25) is 10.0 Å². The second kappa shape index (κ2) is 6.00. The van der Waals surface area contributed by atoms with Crippen molar-refractivity contribution in [2.24, 2.45) is 7.05 Å². The van der Waals surface area contributed by atoms with Gasteiger partial charge in [-0.15, -0.1) is 0 Å². The first-order valence-corrected chi connectivity index (χ1v) is 9.52. The Bertz CT molecular complexity index is 1180. The molecule has 1 aliphatic rings. The zero-order valence-electron chi connectivity index (χ0n) is 14.6. The van der Waals surface area contributed by atoms with Crippen LogP contribution in [0.3, 0.4) is 0 Å². The normalized spacial score (nSPS) is 16.7. The molecule has 1 aromatic heterocycles. The van der Waals surface area contributed by atoms with E-state index in [1.807, 2.05) is 6.92 Å². The number of hydrogen-bond acceptors (Lipinski definition) is 5. The minimum absolute atomic E-state index is 0.0404. The zero-order valence-corrected chi connectivity index (χ0v) is 15.4. The minimum Gasteiger partial charge on any atom is -0.462 e. The monoisotopic (exact) mass is 377 g/mol. The molecule has 1 aliphatic carbocycles. The second-order valence-electron chi connectivity index (χ2n) is 6.79. The largest absolute Gasteiger partial charge is 0.462 e. The molecule has 0 aliphatic heterocycles. The molecule has 138 valence electrons. The van der Waals surface area contributed by atoms with Gasteiger partial charge in [-0.05, 0) is 50.8 Å². The first kappa shape index (κ1) is 18.2. The summed E-state index contributed by atoms with van der Waals surface area (Å²) in [5.41, 5.74) is -1.38. The molecule has 0 spiro atoms. The summed E-state index contributed by atoms with van der Waals surface area (Å²) in [7, 11) is -2.47. The van der Waals surface area contributed by atoms with Crippen LogP contribution in [-0.2, 0) is 17.1 Å². The molecule has 1 saturated carbocycles. The lowest BCUT2D eigenvalue weighted by Gasteiger charge is -2.16. The van der Waals surface area contributed by atoms with Crippen LogP contribution >= 0.6 is 0 Å². The topological polar surface area (TPSA) is 110 Å². The average Bonchev–Trinajstić information content (AvgIpc) is 3.29. The van der Waals surface area contributed by atoms with Crippen LogP contribution in [0.15, 0.2) is 32.7 Å². The Morgan fingerprint density at radius 1 is 1.31 bits per heavy atom. The van der Waals surface area contributed by atoms with Crippen LogP contribution in [0.2, 0.25) is 0 Å². The maximum absolute atomic E-state index is 12.6. The predicted octanol–water partition coefficient (Wildman–Crippen LogP) is 0.425. The SMILES string of the molecule is C[C@H](C#CO)n1c(=O)n(C)c(=O)c2cc(S(=O)(=O)NC3(C)CC3)ccc21. The Kier molecular flexibility index (Phi) is 4.21. The fraction of sp³-hybridized carbons (Fsp3) is 0.412. The highest BCUT2D eigenvalue weighted by Gasteiger charge is 2.41. The van der Waals surface area contributed by atoms with Crippen molar-refractivity contribution in [1.82, 2.24) is 13.9 Å². The summed E-state index contributed by atoms with van der Waals surface area (Å²) >= 11 is 0. The summed E-state index contributed by atoms with van der Waals surface area (Å²) in [5.74, 6) is 2.45. The van der Waals surface area contributed by atoms with Crippen molar-refractivity contribution in [3.05, 3.63) is 39.0 Å². The Hall–Kier alpha value is -2.57. The van der Waals surface area contributed by atoms with Crippen LogP contribution in [0.5, 0.6) is 0 Å². The molecule has 1 fully saturated rings. The third-order valence-corrected chi connectivity index (χ3v) is 6.24. The van der Waals surface area contributed by atoms with Gasteiger partial charge in [0.15, 0.2) is 0 Å². The van der Waals surface area contributed by atoms with Crippen LogP contribution in [0.1, 0.15) is 32.7 Å². The van der Waals surface area contributed by atoms with E-state index in [0.29, 0.717) is 0 Å². The lowest BCUT2D eigenvalue weighted by atomic mass is 10.2. The van der Waals surface area contributed by atoms with E-state index < -0.39 is 32.9 Å². The van der Waals surface area contributed by atoms with Crippen LogP contribution < -0.4 is 16.0 Å². The quantitative estimate of drug-likeness (QED) is 0.751. The molecule has 2 aromatic rings. The Labute approximate surface area is 150 Å². The zero-order chi connectivity index (χ0) is 19.3. The van der Waals surface area contributed by atoms with Gasteiger partial charge in [-0.3, -0.25) is 13.9 Å². The van der Waals surface area contributed by atoms with E-state index in [4.69, 9.17) is 5.11 Å². The number of nitrogens with one attached hydrogen (secondary N) is 1. The van der Waals surface area contributed by atoms with Crippen molar-refractivity contribution in [2.75, 3.05) is 0 Å². The highest BCUT2D eigenvalue weighted by atomic mass is 32.2. The number of aromatic nitrogens is 2. The van der Waals surface area contributed by atoms with Gasteiger partial charge in [0, 0.05) is 12.6 Å². The predicted molar refractivity (Wildman–Crippen MR) is 95.8 cm³/mol. The van der Waals surface area contributed by atoms with Gasteiger partial charge in [-0.2, -0.15) is 0 Å². The lowest BCUT2D eigenvalue weighted by Crippen LogP contribution is -2.39. The summed E-state index contributed by atoms with van der Waals surface area (Å²) in [6.45, 7) is 3.41. The summed E-state index contributed by atoms with van der Waals surface area (Å²) < 4.78 is 29.9. The number of sulfonamides is 1. The molecular weight excluding hydrogens is 358 g/mol. The standard InChI is InChI=1S/C17H19N3O5S/c1-11(6-9-21)20-14-5-4-12(26(24,25)18-17(2)7-8-17)10-13(14)15(22)19(3)16(20)23/h4-5,10-11,18,21H,7-8H2,1-3H3/t11-/m1/s1. The summed E-state index contributed by atoms with van der Waals surface area (Å²) in [4.78, 5) is 24.9. The summed E-state index contributed by atoms with van der Waals surface area (Å²) in [6, 6.07) is 3.33. The van der Waals surface area contributed by atoms with Crippen molar-refractivity contribution in [2.45, 2.75) is 43.2 Å². The summed E-state index contributed by atoms with van der Waals surface area (Å²) in [5, 5.41) is 8.90. The smallest absolute Gasteiger partial charge is 0.332 e. The number of rotatable bonds is 4. The van der Waals surface area contributed by atoms with Gasteiger partial charge in [0.1, 0.15) is 12.1 Å². The molecule has 9 heteroatoms. The van der Waals surface area contributed by atoms with Gasteiger partial charge in [0.05, 0.1) is 15.8 Å². The second-order valence-corrected chi connectivity index (χ2v) is 8.48. The Balaban J connectivity index is 2.26. The van der Waals surface area contributed by atoms with Crippen LogP contribution in [0, 0.1) is 12.0 Å². The van der Waals surface area contributed by atoms with Crippen LogP contribution in [-0.4, -0.2) is 28.2 Å². The van der Waals surface area contributed by atoms with Gasteiger partial charge in [-0.1, -0.05) is 0 Å². The van der Waals surface area contributed by atoms with E-state index in [-0.39, 0.29) is 15.8 Å². The molecule has 8 nitrogen and oxygen atoms in total. The third-order valence-electron chi connectivity index (χ3n) is 4.61. The molecule has 0 radical (unpaired) electrons. The molecule has 0 unspecified atom stereocenters. The first-order valence-electron chi connectivity index (χ1n) is 8.03. The number of aliphatic hydroxyl groups is 1. The molecule has 26 heavy (non-hydrogen) atoms. The number of nitrogens with zero attached hydrogens (tertiary/aromatic N) is 2. The van der Waals surface area contributed by atoms with Gasteiger partial charge < -0.3 is 5.11 Å². The van der Waals surface area contributed by atoms with Crippen molar-refractivity contribution in [3.63, 3.8) is 0 Å². The number of aliphatic hydroxyl groups excluding tert-OH is 1. The van der Waals surface area contributed by atoms with Crippen molar-refractivity contribution >= 4 is 20.9 Å². The highest BCUT2D eigenvalue weighted by molar-refractivity contribution is 7.89. The maximum Gasteiger partial charge on any atom is 0.332 e. The molecule has 3 rings (SSSR count). The van der Waals surface area contributed by atoms with E-state index in [0.717, 1.165) is 17.4 Å². The molecule has 2 N–H and O–H groups in total. The molecule has 1 aromatic carbocycles. The maximum atomic E-state index is 12.6. The number of benzene rings is 1. The van der Waals surface area contributed by atoms with E-state index >= 15 is 0 Å². The van der Waals surface area contributed by atoms with Gasteiger partial charge in [-0.25, -0.2) is 17.9 Å². The number of hydrogen-bond donors (Lipinski definition) is 2. The van der Waals surface area contributed by atoms with Crippen molar-refractivity contribution < 1.29 is 13.5 Å². The molecule has 1 heterocycles. The first-order chi connectivity index (χ1) is 12.1.